The molecule has 98 valence electrons. The number of nitrogens with one attached hydrogen (secondary N) is 1. The molecule has 0 spiro atoms. The molecule has 0 aliphatic carbocycles. The van der Waals surface area contributed by atoms with Crippen LogP contribution in [0.5, 0.6) is 0 Å². The monoisotopic (exact) mass is 283 g/mol. The maximum atomic E-state index is 13.7. The van der Waals surface area contributed by atoms with Crippen LogP contribution in [0.25, 0.3) is 11.0 Å². The van der Waals surface area contributed by atoms with Crippen LogP contribution in [0.4, 0.5) is 4.39 Å². The van der Waals surface area contributed by atoms with Crippen LogP contribution in [0.3, 0.4) is 0 Å². The minimum absolute atomic E-state index is 0.299. The Kier molecular flexibility index (Phi) is 3.40. The summed E-state index contributed by atoms with van der Waals surface area (Å²) in [6, 6.07) is 14.1. The average Bonchev–Trinajstić information content (AvgIpc) is 2.89. The van der Waals surface area contributed by atoms with Crippen LogP contribution in [-0.4, -0.2) is 9.97 Å². The van der Waals surface area contributed by atoms with E-state index in [4.69, 9.17) is 5.26 Å². The van der Waals surface area contributed by atoms with Crippen molar-refractivity contribution in [2.75, 3.05) is 0 Å². The highest BCUT2D eigenvalue weighted by atomic mass is 32.2. The summed E-state index contributed by atoms with van der Waals surface area (Å²) in [5.74, 6) is 0.133. The number of aromatic amines is 1. The summed E-state index contributed by atoms with van der Waals surface area (Å²) in [5, 5.41) is 9.58. The standard InChI is InChI=1S/C15H10FN3S/c16-12-6-5-10(8-17)7-11(12)9-20-15-18-13-3-1-2-4-14(13)19-15/h1-7H,9H2,(H,18,19). The second kappa shape index (κ2) is 5.35. The number of hydrogen-bond acceptors (Lipinski definition) is 3. The Hall–Kier alpha value is -2.32. The molecule has 0 atom stereocenters. The summed E-state index contributed by atoms with van der Waals surface area (Å²) >= 11 is 1.42. The summed E-state index contributed by atoms with van der Waals surface area (Å²) in [4.78, 5) is 7.60. The molecule has 3 rings (SSSR count). The minimum atomic E-state index is -0.299. The van der Waals surface area contributed by atoms with Crippen molar-refractivity contribution >= 4 is 22.8 Å². The summed E-state index contributed by atoms with van der Waals surface area (Å²) in [7, 11) is 0. The quantitative estimate of drug-likeness (QED) is 0.742. The third-order valence-electron chi connectivity index (χ3n) is 2.91. The maximum Gasteiger partial charge on any atom is 0.166 e. The minimum Gasteiger partial charge on any atom is -0.333 e. The van der Waals surface area contributed by atoms with Crippen LogP contribution in [0, 0.1) is 17.1 Å². The number of imidazole rings is 1. The van der Waals surface area contributed by atoms with Crippen LogP contribution >= 0.6 is 11.8 Å². The number of halogens is 1. The van der Waals surface area contributed by atoms with E-state index in [0.717, 1.165) is 16.2 Å². The average molecular weight is 283 g/mol. The van der Waals surface area contributed by atoms with Crippen molar-refractivity contribution in [1.29, 1.82) is 5.26 Å². The van der Waals surface area contributed by atoms with Crippen molar-refractivity contribution in [3.63, 3.8) is 0 Å². The molecule has 5 heteroatoms. The number of benzene rings is 2. The van der Waals surface area contributed by atoms with Gasteiger partial charge in [-0.1, -0.05) is 23.9 Å². The van der Waals surface area contributed by atoms with Crippen molar-refractivity contribution in [2.45, 2.75) is 10.9 Å². The lowest BCUT2D eigenvalue weighted by Gasteiger charge is -2.01. The van der Waals surface area contributed by atoms with Gasteiger partial charge in [-0.3, -0.25) is 0 Å². The summed E-state index contributed by atoms with van der Waals surface area (Å²) in [6.45, 7) is 0. The predicted molar refractivity (Wildman–Crippen MR) is 76.8 cm³/mol. The molecule has 0 unspecified atom stereocenters. The molecule has 0 aliphatic heterocycles. The van der Waals surface area contributed by atoms with E-state index >= 15 is 0 Å². The molecule has 0 aliphatic rings. The lowest BCUT2D eigenvalue weighted by atomic mass is 10.1. The SMILES string of the molecule is N#Cc1ccc(F)c(CSc2nc3ccccc3[nH]2)c1. The lowest BCUT2D eigenvalue weighted by molar-refractivity contribution is 0.617. The number of aromatic nitrogens is 2. The number of hydrogen-bond donors (Lipinski definition) is 1. The smallest absolute Gasteiger partial charge is 0.166 e. The Labute approximate surface area is 119 Å². The topological polar surface area (TPSA) is 52.5 Å². The van der Waals surface area contributed by atoms with Gasteiger partial charge in [-0.2, -0.15) is 5.26 Å². The van der Waals surface area contributed by atoms with E-state index in [1.165, 1.54) is 23.9 Å². The molecular weight excluding hydrogens is 273 g/mol. The van der Waals surface area contributed by atoms with Crippen LogP contribution in [0.1, 0.15) is 11.1 Å². The molecule has 0 fully saturated rings. The normalized spacial score (nSPS) is 10.6. The molecule has 0 radical (unpaired) electrons. The van der Waals surface area contributed by atoms with E-state index in [0.29, 0.717) is 16.9 Å². The van der Waals surface area contributed by atoms with Gasteiger partial charge in [-0.15, -0.1) is 0 Å². The summed E-state index contributed by atoms with van der Waals surface area (Å²) in [5.41, 5.74) is 2.82. The zero-order chi connectivity index (χ0) is 13.9. The molecule has 3 aromatic rings. The molecule has 1 heterocycles. The van der Waals surface area contributed by atoms with Gasteiger partial charge in [-0.25, -0.2) is 9.37 Å². The number of para-hydroxylation sites is 2. The van der Waals surface area contributed by atoms with Crippen molar-refractivity contribution in [1.82, 2.24) is 9.97 Å². The predicted octanol–water partition coefficient (Wildman–Crippen LogP) is 3.87. The van der Waals surface area contributed by atoms with E-state index in [9.17, 15) is 4.39 Å². The Morgan fingerprint density at radius 1 is 1.25 bits per heavy atom. The van der Waals surface area contributed by atoms with E-state index in [2.05, 4.69) is 9.97 Å². The van der Waals surface area contributed by atoms with Crippen molar-refractivity contribution in [3.8, 4) is 6.07 Å². The zero-order valence-corrected chi connectivity index (χ0v) is 11.2. The number of H-pyrrole nitrogens is 1. The van der Waals surface area contributed by atoms with Gasteiger partial charge in [0.15, 0.2) is 5.16 Å². The van der Waals surface area contributed by atoms with E-state index < -0.39 is 0 Å². The van der Waals surface area contributed by atoms with Gasteiger partial charge in [0.25, 0.3) is 0 Å². The summed E-state index contributed by atoms with van der Waals surface area (Å²) in [6.07, 6.45) is 0. The molecule has 0 saturated heterocycles. The molecule has 0 saturated carbocycles. The van der Waals surface area contributed by atoms with Gasteiger partial charge in [0.1, 0.15) is 5.82 Å². The molecule has 1 N–H and O–H groups in total. The van der Waals surface area contributed by atoms with Gasteiger partial charge in [0.05, 0.1) is 22.7 Å². The first kappa shape index (κ1) is 12.7. The first-order chi connectivity index (χ1) is 9.76. The van der Waals surface area contributed by atoms with E-state index in [1.807, 2.05) is 30.3 Å². The molecule has 2 aromatic carbocycles. The highest BCUT2D eigenvalue weighted by molar-refractivity contribution is 7.98. The Balaban J connectivity index is 1.81. The lowest BCUT2D eigenvalue weighted by Crippen LogP contribution is -1.89. The highest BCUT2D eigenvalue weighted by Gasteiger charge is 2.07. The summed E-state index contributed by atoms with van der Waals surface area (Å²) < 4.78 is 13.7. The van der Waals surface area contributed by atoms with Crippen molar-refractivity contribution in [3.05, 3.63) is 59.4 Å². The third-order valence-corrected chi connectivity index (χ3v) is 3.83. The van der Waals surface area contributed by atoms with Crippen LogP contribution in [0.15, 0.2) is 47.6 Å². The first-order valence-electron chi connectivity index (χ1n) is 6.02. The number of thioether (sulfide) groups is 1. The van der Waals surface area contributed by atoms with Gasteiger partial charge in [0.2, 0.25) is 0 Å². The fourth-order valence-corrected chi connectivity index (χ4v) is 2.76. The Morgan fingerprint density at radius 2 is 2.10 bits per heavy atom. The fourth-order valence-electron chi connectivity index (χ4n) is 1.90. The molecule has 0 amide bonds. The number of nitriles is 1. The number of fused-ring (bicyclic) bond motifs is 1. The molecule has 20 heavy (non-hydrogen) atoms. The number of nitrogens with zero attached hydrogens (tertiary/aromatic N) is 2. The molecular formula is C15H10FN3S. The van der Waals surface area contributed by atoms with Gasteiger partial charge in [0, 0.05) is 5.75 Å². The second-order valence-corrected chi connectivity index (χ2v) is 5.23. The Morgan fingerprint density at radius 3 is 2.90 bits per heavy atom. The van der Waals surface area contributed by atoms with Crippen molar-refractivity contribution < 1.29 is 4.39 Å². The van der Waals surface area contributed by atoms with Crippen LogP contribution < -0.4 is 0 Å². The van der Waals surface area contributed by atoms with Gasteiger partial charge >= 0.3 is 0 Å². The van der Waals surface area contributed by atoms with E-state index in [-0.39, 0.29) is 5.82 Å². The fraction of sp³-hybridized carbons (Fsp3) is 0.0667. The van der Waals surface area contributed by atoms with Gasteiger partial charge in [-0.05, 0) is 35.9 Å². The van der Waals surface area contributed by atoms with Crippen LogP contribution in [0.2, 0.25) is 0 Å². The largest absolute Gasteiger partial charge is 0.333 e. The molecule has 0 bridgehead atoms. The zero-order valence-electron chi connectivity index (χ0n) is 10.4. The second-order valence-electron chi connectivity index (χ2n) is 4.27. The number of rotatable bonds is 3. The maximum absolute atomic E-state index is 13.7. The third kappa shape index (κ3) is 2.51. The highest BCUT2D eigenvalue weighted by Crippen LogP contribution is 2.24. The van der Waals surface area contributed by atoms with E-state index in [1.54, 1.807) is 6.07 Å². The van der Waals surface area contributed by atoms with Crippen LogP contribution in [-0.2, 0) is 5.75 Å². The first-order valence-corrected chi connectivity index (χ1v) is 7.01. The Bertz CT molecular complexity index is 771. The van der Waals surface area contributed by atoms with Gasteiger partial charge < -0.3 is 4.98 Å². The molecule has 3 nitrogen and oxygen atoms in total. The molecule has 1 aromatic heterocycles. The van der Waals surface area contributed by atoms with Crippen molar-refractivity contribution in [2.24, 2.45) is 0 Å².